The smallest absolute Gasteiger partial charge is 0.241 e. The third kappa shape index (κ3) is 2.73. The molecule has 1 aromatic heterocycles. The van der Waals surface area contributed by atoms with Crippen molar-refractivity contribution in [3.05, 3.63) is 18.5 Å². The highest BCUT2D eigenvalue weighted by atomic mass is 16.2. The number of hydrogen-bond acceptors (Lipinski definition) is 6. The summed E-state index contributed by atoms with van der Waals surface area (Å²) in [7, 11) is 0. The van der Waals surface area contributed by atoms with Crippen molar-refractivity contribution in [2.45, 2.75) is 25.4 Å². The molecule has 0 bridgehead atoms. The number of amides is 1. The van der Waals surface area contributed by atoms with Crippen LogP contribution in [0.15, 0.2) is 18.5 Å². The summed E-state index contributed by atoms with van der Waals surface area (Å²) in [5, 5.41) is 0. The van der Waals surface area contributed by atoms with Crippen LogP contribution in [0.25, 0.3) is 0 Å². The first-order valence-electron chi connectivity index (χ1n) is 7.06. The molecule has 2 fully saturated rings. The van der Waals surface area contributed by atoms with E-state index in [2.05, 4.69) is 32.6 Å². The summed E-state index contributed by atoms with van der Waals surface area (Å²) in [5.74, 6) is 0.935. The number of hydrogen-bond donors (Lipinski definition) is 2. The number of nitrogens with zero attached hydrogens (tertiary/aromatic N) is 4. The third-order valence-electron chi connectivity index (χ3n) is 3.82. The predicted octanol–water partition coefficient (Wildman–Crippen LogP) is -0.620. The van der Waals surface area contributed by atoms with Crippen molar-refractivity contribution in [2.24, 2.45) is 0 Å². The van der Waals surface area contributed by atoms with E-state index >= 15 is 0 Å². The Balaban J connectivity index is 1.55. The van der Waals surface area contributed by atoms with Crippen LogP contribution in [0.5, 0.6) is 0 Å². The Hall–Kier alpha value is -1.73. The monoisotopic (exact) mass is 276 g/mol. The molecule has 20 heavy (non-hydrogen) atoms. The molecule has 0 saturated carbocycles. The standard InChI is InChI=1S/C13H20N6O/c1-10-9-11(17-16-10)12(20)18-5-7-19(8-6-18)13-14-3-2-4-15-13/h2-4,10-11,16-17H,5-9H2,1H3. The van der Waals surface area contributed by atoms with E-state index in [1.165, 1.54) is 0 Å². The van der Waals surface area contributed by atoms with Crippen LogP contribution in [0.2, 0.25) is 0 Å². The van der Waals surface area contributed by atoms with Crippen molar-refractivity contribution in [2.75, 3.05) is 31.1 Å². The molecule has 0 aliphatic carbocycles. The van der Waals surface area contributed by atoms with E-state index in [4.69, 9.17) is 0 Å². The summed E-state index contributed by atoms with van der Waals surface area (Å²) < 4.78 is 0. The number of carbonyl (C=O) groups excluding carboxylic acids is 1. The van der Waals surface area contributed by atoms with Crippen molar-refractivity contribution in [1.82, 2.24) is 25.7 Å². The Labute approximate surface area is 118 Å². The van der Waals surface area contributed by atoms with Gasteiger partial charge in [-0.3, -0.25) is 10.2 Å². The second kappa shape index (κ2) is 5.72. The maximum absolute atomic E-state index is 12.4. The van der Waals surface area contributed by atoms with Crippen molar-refractivity contribution >= 4 is 11.9 Å². The van der Waals surface area contributed by atoms with Gasteiger partial charge in [-0.1, -0.05) is 0 Å². The average molecular weight is 276 g/mol. The molecule has 1 amide bonds. The Morgan fingerprint density at radius 2 is 1.90 bits per heavy atom. The van der Waals surface area contributed by atoms with E-state index in [0.717, 1.165) is 38.5 Å². The fraction of sp³-hybridized carbons (Fsp3) is 0.615. The first kappa shape index (κ1) is 13.3. The molecular formula is C13H20N6O. The second-order valence-corrected chi connectivity index (χ2v) is 5.34. The Morgan fingerprint density at radius 1 is 1.20 bits per heavy atom. The Morgan fingerprint density at radius 3 is 2.50 bits per heavy atom. The highest BCUT2D eigenvalue weighted by Crippen LogP contribution is 2.13. The quantitative estimate of drug-likeness (QED) is 0.750. The van der Waals surface area contributed by atoms with Gasteiger partial charge >= 0.3 is 0 Å². The number of piperazine rings is 1. The minimum absolute atomic E-state index is 0.0930. The fourth-order valence-corrected chi connectivity index (χ4v) is 2.68. The third-order valence-corrected chi connectivity index (χ3v) is 3.82. The first-order valence-corrected chi connectivity index (χ1v) is 7.06. The van der Waals surface area contributed by atoms with Gasteiger partial charge in [0.15, 0.2) is 0 Å². The zero-order chi connectivity index (χ0) is 13.9. The van der Waals surface area contributed by atoms with Crippen molar-refractivity contribution < 1.29 is 4.79 Å². The summed E-state index contributed by atoms with van der Waals surface area (Å²) in [6.45, 7) is 5.09. The fourth-order valence-electron chi connectivity index (χ4n) is 2.68. The maximum atomic E-state index is 12.4. The minimum atomic E-state index is -0.0930. The van der Waals surface area contributed by atoms with E-state index in [0.29, 0.717) is 6.04 Å². The summed E-state index contributed by atoms with van der Waals surface area (Å²) >= 11 is 0. The molecule has 2 saturated heterocycles. The lowest BCUT2D eigenvalue weighted by atomic mass is 10.1. The number of rotatable bonds is 2. The number of aromatic nitrogens is 2. The van der Waals surface area contributed by atoms with Gasteiger partial charge in [0.1, 0.15) is 6.04 Å². The lowest BCUT2D eigenvalue weighted by Crippen LogP contribution is -2.54. The van der Waals surface area contributed by atoms with Gasteiger partial charge in [0.25, 0.3) is 0 Å². The predicted molar refractivity (Wildman–Crippen MR) is 75.0 cm³/mol. The van der Waals surface area contributed by atoms with E-state index in [-0.39, 0.29) is 11.9 Å². The van der Waals surface area contributed by atoms with Crippen LogP contribution in [0.3, 0.4) is 0 Å². The molecule has 1 aromatic rings. The molecule has 2 unspecified atom stereocenters. The molecule has 108 valence electrons. The van der Waals surface area contributed by atoms with Crippen molar-refractivity contribution in [3.8, 4) is 0 Å². The van der Waals surface area contributed by atoms with E-state index in [1.54, 1.807) is 12.4 Å². The molecular weight excluding hydrogens is 256 g/mol. The lowest BCUT2D eigenvalue weighted by molar-refractivity contribution is -0.133. The van der Waals surface area contributed by atoms with E-state index in [1.807, 2.05) is 11.0 Å². The highest BCUT2D eigenvalue weighted by molar-refractivity contribution is 5.82. The van der Waals surface area contributed by atoms with Crippen molar-refractivity contribution in [1.29, 1.82) is 0 Å². The number of anilines is 1. The van der Waals surface area contributed by atoms with Crippen LogP contribution in [0, 0.1) is 0 Å². The van der Waals surface area contributed by atoms with Gasteiger partial charge in [0, 0.05) is 44.6 Å². The van der Waals surface area contributed by atoms with Crippen LogP contribution in [0.4, 0.5) is 5.95 Å². The van der Waals surface area contributed by atoms with Crippen LogP contribution < -0.4 is 15.8 Å². The van der Waals surface area contributed by atoms with Gasteiger partial charge in [0.2, 0.25) is 11.9 Å². The summed E-state index contributed by atoms with van der Waals surface area (Å²) in [6, 6.07) is 2.07. The molecule has 2 atom stereocenters. The minimum Gasteiger partial charge on any atom is -0.338 e. The van der Waals surface area contributed by atoms with Gasteiger partial charge in [-0.15, -0.1) is 0 Å². The molecule has 2 aliphatic heterocycles. The summed E-state index contributed by atoms with van der Waals surface area (Å²) in [5.41, 5.74) is 6.16. The van der Waals surface area contributed by atoms with Gasteiger partial charge in [-0.05, 0) is 19.4 Å². The van der Waals surface area contributed by atoms with Crippen LogP contribution in [-0.2, 0) is 4.79 Å². The van der Waals surface area contributed by atoms with Crippen LogP contribution in [-0.4, -0.2) is 59.0 Å². The number of nitrogens with one attached hydrogen (secondary N) is 2. The van der Waals surface area contributed by atoms with Gasteiger partial charge in [-0.2, -0.15) is 0 Å². The molecule has 3 rings (SSSR count). The SMILES string of the molecule is CC1CC(C(=O)N2CCN(c3ncccn3)CC2)NN1. The zero-order valence-electron chi connectivity index (χ0n) is 11.6. The van der Waals surface area contributed by atoms with Crippen molar-refractivity contribution in [3.63, 3.8) is 0 Å². The van der Waals surface area contributed by atoms with Gasteiger partial charge < -0.3 is 9.80 Å². The van der Waals surface area contributed by atoms with Gasteiger partial charge in [-0.25, -0.2) is 15.4 Å². The van der Waals surface area contributed by atoms with Crippen LogP contribution >= 0.6 is 0 Å². The molecule has 0 spiro atoms. The number of hydrazine groups is 1. The Kier molecular flexibility index (Phi) is 3.79. The lowest BCUT2D eigenvalue weighted by Gasteiger charge is -2.35. The first-order chi connectivity index (χ1) is 9.74. The van der Waals surface area contributed by atoms with E-state index in [9.17, 15) is 4.79 Å². The summed E-state index contributed by atoms with van der Waals surface area (Å²) in [4.78, 5) is 24.9. The highest BCUT2D eigenvalue weighted by Gasteiger charge is 2.32. The molecule has 0 aromatic carbocycles. The van der Waals surface area contributed by atoms with E-state index < -0.39 is 0 Å². The maximum Gasteiger partial charge on any atom is 0.241 e. The molecule has 3 heterocycles. The molecule has 2 N–H and O–H groups in total. The normalized spacial score (nSPS) is 26.9. The number of carbonyl (C=O) groups is 1. The molecule has 7 nitrogen and oxygen atoms in total. The average Bonchev–Trinajstić information content (AvgIpc) is 2.94. The topological polar surface area (TPSA) is 73.4 Å². The molecule has 7 heteroatoms. The Bertz CT molecular complexity index is 459. The molecule has 2 aliphatic rings. The molecule has 0 radical (unpaired) electrons. The largest absolute Gasteiger partial charge is 0.338 e. The van der Waals surface area contributed by atoms with Crippen LogP contribution in [0.1, 0.15) is 13.3 Å². The van der Waals surface area contributed by atoms with Gasteiger partial charge in [0.05, 0.1) is 0 Å². The summed E-state index contributed by atoms with van der Waals surface area (Å²) in [6.07, 6.45) is 4.34. The second-order valence-electron chi connectivity index (χ2n) is 5.34. The zero-order valence-corrected chi connectivity index (χ0v) is 11.6.